The van der Waals surface area contributed by atoms with Crippen molar-refractivity contribution in [2.75, 3.05) is 42.7 Å². The quantitative estimate of drug-likeness (QED) is 0.212. The maximum absolute atomic E-state index is 13.4. The number of amides is 1. The number of ether oxygens (including phenoxy) is 6. The Bertz CT molecular complexity index is 1660. The van der Waals surface area contributed by atoms with Gasteiger partial charge in [-0.3, -0.25) is 4.79 Å². The van der Waals surface area contributed by atoms with Crippen LogP contribution in [0.2, 0.25) is 0 Å². The lowest BCUT2D eigenvalue weighted by Gasteiger charge is -2.34. The fourth-order valence-electron chi connectivity index (χ4n) is 6.07. The molecule has 5 rings (SSSR count). The van der Waals surface area contributed by atoms with Crippen LogP contribution in [0.25, 0.3) is 33.5 Å². The van der Waals surface area contributed by atoms with Gasteiger partial charge in [0.15, 0.2) is 23.0 Å². The molecule has 1 fully saturated rings. The highest BCUT2D eigenvalue weighted by atomic mass is 16.5. The zero-order valence-corrected chi connectivity index (χ0v) is 27.1. The van der Waals surface area contributed by atoms with Gasteiger partial charge in [-0.15, -0.1) is 0 Å². The number of nitrogens with one attached hydrogen (secondary N) is 1. The second-order valence-electron chi connectivity index (χ2n) is 11.3. The number of nitrogens with zero attached hydrogens (tertiary/aromatic N) is 2. The van der Waals surface area contributed by atoms with Gasteiger partial charge in [-0.05, 0) is 60.7 Å². The summed E-state index contributed by atoms with van der Waals surface area (Å²) in [7, 11) is 9.36. The standard InChI is InChI=1S/C35H41N3O7/c1-19-10-9-11-24(20(19)2)38-35(39)21-12-13-25-26(14-21)37-32(23-17-29(42-5)34(45-8)30(18-23)43-6)31(36-25)22-15-27(40-3)33(44-7)28(16-22)41-4/h12-20,24H,9-11H2,1-8H3,(H,38,39). The van der Waals surface area contributed by atoms with Crippen LogP contribution in [-0.2, 0) is 0 Å². The predicted molar refractivity (Wildman–Crippen MR) is 173 cm³/mol. The van der Waals surface area contributed by atoms with Gasteiger partial charge in [-0.25, -0.2) is 9.97 Å². The van der Waals surface area contributed by atoms with Crippen molar-refractivity contribution in [2.45, 2.75) is 39.2 Å². The van der Waals surface area contributed by atoms with Gasteiger partial charge in [0.05, 0.1) is 65.1 Å². The number of aromatic nitrogens is 2. The van der Waals surface area contributed by atoms with Crippen molar-refractivity contribution in [3.8, 4) is 57.0 Å². The molecular formula is C35H41N3O7. The molecule has 1 aliphatic rings. The van der Waals surface area contributed by atoms with Crippen LogP contribution in [0.4, 0.5) is 0 Å². The van der Waals surface area contributed by atoms with Crippen molar-refractivity contribution in [2.24, 2.45) is 11.8 Å². The molecule has 4 aromatic rings. The largest absolute Gasteiger partial charge is 0.493 e. The third kappa shape index (κ3) is 6.14. The molecule has 0 bridgehead atoms. The summed E-state index contributed by atoms with van der Waals surface area (Å²) in [6.07, 6.45) is 3.28. The molecule has 0 radical (unpaired) electrons. The Morgan fingerprint density at radius 3 is 1.62 bits per heavy atom. The number of carbonyl (C=O) groups excluding carboxylic acids is 1. The van der Waals surface area contributed by atoms with E-state index in [-0.39, 0.29) is 11.9 Å². The molecule has 10 nitrogen and oxygen atoms in total. The van der Waals surface area contributed by atoms with Crippen LogP contribution in [0.5, 0.6) is 34.5 Å². The average molecular weight is 616 g/mol. The first-order valence-electron chi connectivity index (χ1n) is 15.0. The van der Waals surface area contributed by atoms with Crippen LogP contribution in [0.1, 0.15) is 43.5 Å². The van der Waals surface area contributed by atoms with Crippen molar-refractivity contribution >= 4 is 16.9 Å². The number of fused-ring (bicyclic) bond motifs is 1. The van der Waals surface area contributed by atoms with E-state index in [2.05, 4.69) is 19.2 Å². The van der Waals surface area contributed by atoms with Gasteiger partial charge < -0.3 is 33.7 Å². The van der Waals surface area contributed by atoms with E-state index in [1.54, 1.807) is 54.8 Å². The Hall–Kier alpha value is -4.73. The smallest absolute Gasteiger partial charge is 0.251 e. The van der Waals surface area contributed by atoms with Crippen molar-refractivity contribution in [3.05, 3.63) is 48.0 Å². The van der Waals surface area contributed by atoms with E-state index in [1.165, 1.54) is 6.42 Å². The second kappa shape index (κ2) is 13.5. The number of carbonyl (C=O) groups is 1. The van der Waals surface area contributed by atoms with E-state index in [0.29, 0.717) is 85.4 Å². The molecule has 238 valence electrons. The summed E-state index contributed by atoms with van der Waals surface area (Å²) in [6.45, 7) is 4.47. The van der Waals surface area contributed by atoms with Gasteiger partial charge >= 0.3 is 0 Å². The lowest BCUT2D eigenvalue weighted by molar-refractivity contribution is 0.0891. The molecule has 0 aliphatic heterocycles. The minimum Gasteiger partial charge on any atom is -0.493 e. The van der Waals surface area contributed by atoms with Crippen LogP contribution in [0.15, 0.2) is 42.5 Å². The highest BCUT2D eigenvalue weighted by molar-refractivity contribution is 5.98. The fourth-order valence-corrected chi connectivity index (χ4v) is 6.07. The van der Waals surface area contributed by atoms with Gasteiger partial charge in [0, 0.05) is 22.7 Å². The minimum atomic E-state index is -0.118. The molecule has 1 aliphatic carbocycles. The van der Waals surface area contributed by atoms with Crippen molar-refractivity contribution in [1.29, 1.82) is 0 Å². The summed E-state index contributed by atoms with van der Waals surface area (Å²) < 4.78 is 33.7. The lowest BCUT2D eigenvalue weighted by atomic mass is 9.78. The molecule has 1 heterocycles. The molecule has 10 heteroatoms. The molecule has 0 saturated heterocycles. The Kier molecular flexibility index (Phi) is 9.51. The zero-order valence-electron chi connectivity index (χ0n) is 27.1. The summed E-state index contributed by atoms with van der Waals surface area (Å²) in [4.78, 5) is 23.6. The lowest BCUT2D eigenvalue weighted by Crippen LogP contribution is -2.43. The third-order valence-electron chi connectivity index (χ3n) is 8.83. The van der Waals surface area contributed by atoms with E-state index >= 15 is 0 Å². The van der Waals surface area contributed by atoms with Crippen molar-refractivity contribution in [1.82, 2.24) is 15.3 Å². The summed E-state index contributed by atoms with van der Waals surface area (Å²) >= 11 is 0. The fraction of sp³-hybridized carbons (Fsp3) is 0.400. The van der Waals surface area contributed by atoms with E-state index in [9.17, 15) is 4.79 Å². The Morgan fingerprint density at radius 2 is 1.16 bits per heavy atom. The van der Waals surface area contributed by atoms with Crippen LogP contribution in [-0.4, -0.2) is 64.6 Å². The molecule has 3 atom stereocenters. The van der Waals surface area contributed by atoms with Gasteiger partial charge in [-0.2, -0.15) is 0 Å². The zero-order chi connectivity index (χ0) is 32.2. The minimum absolute atomic E-state index is 0.118. The summed E-state index contributed by atoms with van der Waals surface area (Å²) in [5.41, 5.74) is 4.14. The maximum atomic E-state index is 13.4. The Labute approximate surface area is 264 Å². The predicted octanol–water partition coefficient (Wildman–Crippen LogP) is 6.57. The highest BCUT2D eigenvalue weighted by Gasteiger charge is 2.29. The first-order chi connectivity index (χ1) is 21.8. The number of hydrogen-bond acceptors (Lipinski definition) is 9. The highest BCUT2D eigenvalue weighted by Crippen LogP contribution is 2.45. The Balaban J connectivity index is 1.69. The monoisotopic (exact) mass is 615 g/mol. The summed E-state index contributed by atoms with van der Waals surface area (Å²) in [5, 5.41) is 3.27. The van der Waals surface area contributed by atoms with Gasteiger partial charge in [-0.1, -0.05) is 26.7 Å². The van der Waals surface area contributed by atoms with Crippen LogP contribution in [0, 0.1) is 11.8 Å². The van der Waals surface area contributed by atoms with E-state index in [4.69, 9.17) is 38.4 Å². The summed E-state index contributed by atoms with van der Waals surface area (Å²) in [6, 6.07) is 12.8. The van der Waals surface area contributed by atoms with E-state index < -0.39 is 0 Å². The molecule has 3 aromatic carbocycles. The SMILES string of the molecule is COc1cc(-c2nc3ccc(C(=O)NC4CCCC(C)C4C)cc3nc2-c2cc(OC)c(OC)c(OC)c2)cc(OC)c1OC. The molecule has 45 heavy (non-hydrogen) atoms. The molecule has 1 N–H and O–H groups in total. The maximum Gasteiger partial charge on any atom is 0.251 e. The van der Waals surface area contributed by atoms with E-state index in [1.807, 2.05) is 30.3 Å². The first kappa shape index (κ1) is 31.7. The number of rotatable bonds is 10. The molecule has 1 saturated carbocycles. The van der Waals surface area contributed by atoms with Gasteiger partial charge in [0.1, 0.15) is 0 Å². The van der Waals surface area contributed by atoms with Crippen LogP contribution < -0.4 is 33.7 Å². The molecular weight excluding hydrogens is 574 g/mol. The number of methoxy groups -OCH3 is 6. The second-order valence-corrected chi connectivity index (χ2v) is 11.3. The molecule has 1 amide bonds. The Morgan fingerprint density at radius 1 is 0.667 bits per heavy atom. The van der Waals surface area contributed by atoms with Crippen molar-refractivity contribution in [3.63, 3.8) is 0 Å². The average Bonchev–Trinajstić information content (AvgIpc) is 3.07. The molecule has 1 aromatic heterocycles. The van der Waals surface area contributed by atoms with E-state index in [0.717, 1.165) is 12.8 Å². The number of benzene rings is 3. The van der Waals surface area contributed by atoms with Crippen LogP contribution >= 0.6 is 0 Å². The topological polar surface area (TPSA) is 110 Å². The van der Waals surface area contributed by atoms with Crippen molar-refractivity contribution < 1.29 is 33.2 Å². The van der Waals surface area contributed by atoms with Gasteiger partial charge in [0.2, 0.25) is 11.5 Å². The first-order valence-corrected chi connectivity index (χ1v) is 15.0. The molecule has 3 unspecified atom stereocenters. The third-order valence-corrected chi connectivity index (χ3v) is 8.83. The molecule has 0 spiro atoms. The van der Waals surface area contributed by atoms with Gasteiger partial charge in [0.25, 0.3) is 5.91 Å². The normalized spacial score (nSPS) is 17.8. The van der Waals surface area contributed by atoms with Crippen LogP contribution in [0.3, 0.4) is 0 Å². The number of hydrogen-bond donors (Lipinski definition) is 1. The summed E-state index contributed by atoms with van der Waals surface area (Å²) in [5.74, 6) is 3.67.